The lowest BCUT2D eigenvalue weighted by Crippen LogP contribution is -1.98. The summed E-state index contributed by atoms with van der Waals surface area (Å²) in [4.78, 5) is 0. The number of nitrogens with zero attached hydrogens (tertiary/aromatic N) is 1. The monoisotopic (exact) mass is 321 g/mol. The lowest BCUT2D eigenvalue weighted by atomic mass is 10.1. The predicted octanol–water partition coefficient (Wildman–Crippen LogP) is 5.50. The molecule has 0 aromatic heterocycles. The molecule has 0 unspecified atom stereocenters. The average Bonchev–Trinajstić information content (AvgIpc) is 2.55. The van der Waals surface area contributed by atoms with Crippen molar-refractivity contribution in [2.75, 3.05) is 6.61 Å². The van der Waals surface area contributed by atoms with Crippen molar-refractivity contribution < 1.29 is 15.1 Å². The summed E-state index contributed by atoms with van der Waals surface area (Å²) in [7, 11) is 0. The number of phenols is 1. The molecule has 4 heteroatoms. The van der Waals surface area contributed by atoms with Gasteiger partial charge in [0.2, 0.25) is 0 Å². The van der Waals surface area contributed by atoms with E-state index in [-0.39, 0.29) is 5.75 Å². The Kier molecular flexibility index (Phi) is 10.8. The number of rotatable bonds is 13. The molecule has 0 saturated carbocycles. The number of aromatic hydroxyl groups is 1. The Morgan fingerprint density at radius 1 is 0.957 bits per heavy atom. The van der Waals surface area contributed by atoms with Crippen molar-refractivity contribution in [3.8, 4) is 11.5 Å². The fourth-order valence-electron chi connectivity index (χ4n) is 2.57. The fourth-order valence-corrected chi connectivity index (χ4v) is 2.57. The minimum absolute atomic E-state index is 0.0779. The zero-order valence-electron chi connectivity index (χ0n) is 14.3. The molecule has 1 rings (SSSR count). The van der Waals surface area contributed by atoms with Gasteiger partial charge in [-0.2, -0.15) is 0 Å². The van der Waals surface area contributed by atoms with Crippen LogP contribution in [0.25, 0.3) is 0 Å². The van der Waals surface area contributed by atoms with Crippen LogP contribution in [0.4, 0.5) is 0 Å². The van der Waals surface area contributed by atoms with Crippen molar-refractivity contribution in [2.45, 2.75) is 71.1 Å². The first kappa shape index (κ1) is 19.3. The van der Waals surface area contributed by atoms with E-state index in [1.807, 2.05) is 0 Å². The molecule has 1 aromatic rings. The van der Waals surface area contributed by atoms with Gasteiger partial charge in [-0.05, 0) is 24.6 Å². The summed E-state index contributed by atoms with van der Waals surface area (Å²) >= 11 is 0. The topological polar surface area (TPSA) is 62.0 Å². The van der Waals surface area contributed by atoms with E-state index in [0.717, 1.165) is 6.42 Å². The molecule has 0 atom stereocenters. The van der Waals surface area contributed by atoms with Gasteiger partial charge in [0.05, 0.1) is 12.8 Å². The molecule has 0 amide bonds. The number of oxime groups is 1. The summed E-state index contributed by atoms with van der Waals surface area (Å²) < 4.78 is 5.67. The first-order valence-electron chi connectivity index (χ1n) is 8.91. The van der Waals surface area contributed by atoms with E-state index < -0.39 is 0 Å². The molecule has 1 aromatic carbocycles. The zero-order valence-corrected chi connectivity index (χ0v) is 14.3. The van der Waals surface area contributed by atoms with Gasteiger partial charge in [0.25, 0.3) is 0 Å². The van der Waals surface area contributed by atoms with Gasteiger partial charge in [0, 0.05) is 5.56 Å². The van der Waals surface area contributed by atoms with Crippen LogP contribution >= 0.6 is 0 Å². The maximum atomic E-state index is 9.57. The largest absolute Gasteiger partial charge is 0.507 e. The third-order valence-electron chi connectivity index (χ3n) is 3.96. The highest BCUT2D eigenvalue weighted by Crippen LogP contribution is 2.21. The molecule has 0 saturated heterocycles. The highest BCUT2D eigenvalue weighted by Gasteiger charge is 2.02. The van der Waals surface area contributed by atoms with E-state index in [1.54, 1.807) is 18.2 Å². The molecule has 4 nitrogen and oxygen atoms in total. The number of unbranched alkanes of at least 4 members (excludes halogenated alkanes) is 9. The number of hydrogen-bond donors (Lipinski definition) is 2. The number of ether oxygens (including phenoxy) is 1. The Hall–Kier alpha value is -1.71. The third-order valence-corrected chi connectivity index (χ3v) is 3.96. The molecule has 0 heterocycles. The second-order valence-electron chi connectivity index (χ2n) is 6.00. The van der Waals surface area contributed by atoms with Crippen LogP contribution in [0.5, 0.6) is 11.5 Å². The van der Waals surface area contributed by atoms with E-state index in [9.17, 15) is 5.11 Å². The maximum absolute atomic E-state index is 9.57. The smallest absolute Gasteiger partial charge is 0.124 e. The Balaban J connectivity index is 2.04. The molecule has 2 N–H and O–H groups in total. The minimum atomic E-state index is 0.0779. The predicted molar refractivity (Wildman–Crippen MR) is 94.8 cm³/mol. The summed E-state index contributed by atoms with van der Waals surface area (Å²) in [6.07, 6.45) is 14.2. The molecule has 0 fully saturated rings. The van der Waals surface area contributed by atoms with Gasteiger partial charge in [-0.15, -0.1) is 0 Å². The van der Waals surface area contributed by atoms with Crippen molar-refractivity contribution in [3.63, 3.8) is 0 Å². The van der Waals surface area contributed by atoms with Crippen LogP contribution in [-0.2, 0) is 0 Å². The fraction of sp³-hybridized carbons (Fsp3) is 0.632. The number of hydrogen-bond acceptors (Lipinski definition) is 4. The Morgan fingerprint density at radius 3 is 2.17 bits per heavy atom. The quantitative estimate of drug-likeness (QED) is 0.218. The summed E-state index contributed by atoms with van der Waals surface area (Å²) in [6.45, 7) is 2.93. The summed E-state index contributed by atoms with van der Waals surface area (Å²) in [6, 6.07) is 4.94. The summed E-state index contributed by atoms with van der Waals surface area (Å²) in [5.41, 5.74) is 0.452. The van der Waals surface area contributed by atoms with Gasteiger partial charge in [0.15, 0.2) is 0 Å². The number of benzene rings is 1. The third kappa shape index (κ3) is 9.11. The van der Waals surface area contributed by atoms with Crippen molar-refractivity contribution >= 4 is 6.21 Å². The average molecular weight is 321 g/mol. The normalized spacial score (nSPS) is 11.2. The van der Waals surface area contributed by atoms with Crippen LogP contribution in [0.1, 0.15) is 76.7 Å². The zero-order chi connectivity index (χ0) is 16.8. The van der Waals surface area contributed by atoms with Gasteiger partial charge in [-0.3, -0.25) is 0 Å². The molecule has 0 aliphatic heterocycles. The van der Waals surface area contributed by atoms with Crippen molar-refractivity contribution in [3.05, 3.63) is 23.8 Å². The van der Waals surface area contributed by atoms with Crippen LogP contribution in [0.15, 0.2) is 23.4 Å². The van der Waals surface area contributed by atoms with Crippen molar-refractivity contribution in [1.29, 1.82) is 0 Å². The SMILES string of the molecule is CCCCCCCCCCCCOc1ccc(O)c(C=NO)c1. The number of phenolic OH excluding ortho intramolecular Hbond substituents is 1. The van der Waals surface area contributed by atoms with Crippen molar-refractivity contribution in [2.24, 2.45) is 5.16 Å². The van der Waals surface area contributed by atoms with Crippen LogP contribution in [-0.4, -0.2) is 23.1 Å². The molecule has 130 valence electrons. The highest BCUT2D eigenvalue weighted by atomic mass is 16.5. The van der Waals surface area contributed by atoms with Crippen molar-refractivity contribution in [1.82, 2.24) is 0 Å². The van der Waals surface area contributed by atoms with Gasteiger partial charge in [0.1, 0.15) is 11.5 Å². The van der Waals surface area contributed by atoms with Crippen LogP contribution in [0, 0.1) is 0 Å². The highest BCUT2D eigenvalue weighted by molar-refractivity contribution is 5.83. The maximum Gasteiger partial charge on any atom is 0.124 e. The lowest BCUT2D eigenvalue weighted by Gasteiger charge is -2.07. The first-order chi connectivity index (χ1) is 11.3. The summed E-state index contributed by atoms with van der Waals surface area (Å²) in [5.74, 6) is 0.766. The Labute approximate surface area is 140 Å². The molecule has 0 radical (unpaired) electrons. The Morgan fingerprint density at radius 2 is 1.57 bits per heavy atom. The van der Waals surface area contributed by atoms with E-state index in [0.29, 0.717) is 17.9 Å². The van der Waals surface area contributed by atoms with Crippen LogP contribution in [0.3, 0.4) is 0 Å². The van der Waals surface area contributed by atoms with Gasteiger partial charge in [-0.1, -0.05) is 69.9 Å². The molecular weight excluding hydrogens is 290 g/mol. The van der Waals surface area contributed by atoms with E-state index in [2.05, 4.69) is 12.1 Å². The second kappa shape index (κ2) is 12.8. The van der Waals surface area contributed by atoms with Gasteiger partial charge in [-0.25, -0.2) is 0 Å². The standard InChI is InChI=1S/C19H31NO3/c1-2-3-4-5-6-7-8-9-10-11-14-23-18-12-13-19(21)17(15-18)16-20-22/h12-13,15-16,21-22H,2-11,14H2,1H3. The van der Waals surface area contributed by atoms with Gasteiger partial charge >= 0.3 is 0 Å². The molecule has 0 aliphatic carbocycles. The molecule has 0 aliphatic rings. The van der Waals surface area contributed by atoms with E-state index in [4.69, 9.17) is 9.94 Å². The molecule has 0 bridgehead atoms. The van der Waals surface area contributed by atoms with Crippen LogP contribution in [0.2, 0.25) is 0 Å². The summed E-state index contributed by atoms with van der Waals surface area (Å²) in [5, 5.41) is 21.0. The minimum Gasteiger partial charge on any atom is -0.507 e. The molecule has 23 heavy (non-hydrogen) atoms. The van der Waals surface area contributed by atoms with Gasteiger partial charge < -0.3 is 15.1 Å². The van der Waals surface area contributed by atoms with E-state index >= 15 is 0 Å². The lowest BCUT2D eigenvalue weighted by molar-refractivity contribution is 0.303. The second-order valence-corrected chi connectivity index (χ2v) is 6.00. The molecular formula is C19H31NO3. The van der Waals surface area contributed by atoms with Crippen LogP contribution < -0.4 is 4.74 Å². The van der Waals surface area contributed by atoms with E-state index in [1.165, 1.54) is 64.0 Å². The Bertz CT molecular complexity index is 446. The molecule has 0 spiro atoms. The first-order valence-corrected chi connectivity index (χ1v) is 8.91.